The molecule has 1 aromatic carbocycles. The van der Waals surface area contributed by atoms with Crippen LogP contribution in [0.5, 0.6) is 0 Å². The average Bonchev–Trinajstić information content (AvgIpc) is 2.49. The quantitative estimate of drug-likeness (QED) is 0.350. The lowest BCUT2D eigenvalue weighted by Crippen LogP contribution is -2.17. The van der Waals surface area contributed by atoms with E-state index in [0.29, 0.717) is 0 Å². The molecule has 1 aromatic rings. The Hall–Kier alpha value is -0.980. The number of aliphatic imine (C=N–C) groups is 1. The number of isothiocyanates is 1. The van der Waals surface area contributed by atoms with E-state index in [1.165, 1.54) is 50.5 Å². The first-order valence-electron chi connectivity index (χ1n) is 8.41. The highest BCUT2D eigenvalue weighted by atomic mass is 32.1. The number of nitrogens with zero attached hydrogens (tertiary/aromatic N) is 1. The lowest BCUT2D eigenvalue weighted by molar-refractivity contribution is 0.269. The largest absolute Gasteiger partial charge is 0.195 e. The molecule has 21 heavy (non-hydrogen) atoms. The Morgan fingerprint density at radius 3 is 1.90 bits per heavy atom. The molecule has 0 aliphatic heterocycles. The van der Waals surface area contributed by atoms with E-state index >= 15 is 0 Å². The minimum atomic E-state index is 0.815. The summed E-state index contributed by atoms with van der Waals surface area (Å²) >= 11 is 4.65. The van der Waals surface area contributed by atoms with Crippen molar-refractivity contribution in [3.8, 4) is 0 Å². The first kappa shape index (κ1) is 18.1. The standard InChI is InChI=1S/C19H29NS/c1-4-7-17(8-5-2)18(9-6-3)14-16-10-12-19(13-11-16)20-15-21/h10-13,17-18H,4-9,14H2,1-3H3. The van der Waals surface area contributed by atoms with E-state index < -0.39 is 0 Å². The van der Waals surface area contributed by atoms with Crippen molar-refractivity contribution in [2.45, 2.75) is 65.7 Å². The third-order valence-electron chi connectivity index (χ3n) is 4.25. The van der Waals surface area contributed by atoms with Gasteiger partial charge in [-0.1, -0.05) is 71.4 Å². The van der Waals surface area contributed by atoms with Crippen LogP contribution >= 0.6 is 12.2 Å². The molecule has 1 nitrogen and oxygen atoms in total. The van der Waals surface area contributed by atoms with E-state index in [-0.39, 0.29) is 0 Å². The van der Waals surface area contributed by atoms with Crippen LogP contribution in [0, 0.1) is 11.8 Å². The van der Waals surface area contributed by atoms with Gasteiger partial charge in [0.2, 0.25) is 0 Å². The van der Waals surface area contributed by atoms with Crippen LogP contribution in [0.25, 0.3) is 0 Å². The van der Waals surface area contributed by atoms with Gasteiger partial charge >= 0.3 is 0 Å². The normalized spacial score (nSPS) is 12.2. The molecule has 116 valence electrons. The molecular weight excluding hydrogens is 274 g/mol. The molecule has 1 unspecified atom stereocenters. The second-order valence-corrected chi connectivity index (χ2v) is 6.14. The van der Waals surface area contributed by atoms with Gasteiger partial charge < -0.3 is 0 Å². The monoisotopic (exact) mass is 303 g/mol. The molecule has 0 saturated heterocycles. The van der Waals surface area contributed by atoms with Gasteiger partial charge in [-0.25, -0.2) is 0 Å². The first-order valence-corrected chi connectivity index (χ1v) is 8.82. The Balaban J connectivity index is 2.77. The van der Waals surface area contributed by atoms with Crippen LogP contribution in [0.15, 0.2) is 29.3 Å². The van der Waals surface area contributed by atoms with Crippen LogP contribution in [0.4, 0.5) is 5.69 Å². The van der Waals surface area contributed by atoms with Crippen LogP contribution in [0.1, 0.15) is 64.9 Å². The van der Waals surface area contributed by atoms with Crippen LogP contribution in [0.2, 0.25) is 0 Å². The predicted molar refractivity (Wildman–Crippen MR) is 96.5 cm³/mol. The van der Waals surface area contributed by atoms with Crippen molar-refractivity contribution in [1.82, 2.24) is 0 Å². The van der Waals surface area contributed by atoms with Gasteiger partial charge in [0.15, 0.2) is 0 Å². The third kappa shape index (κ3) is 6.54. The number of hydrogen-bond acceptors (Lipinski definition) is 2. The molecule has 0 N–H and O–H groups in total. The molecule has 1 rings (SSSR count). The van der Waals surface area contributed by atoms with Gasteiger partial charge in [-0.3, -0.25) is 0 Å². The Kier molecular flexibility index (Phi) is 9.21. The molecule has 0 spiro atoms. The summed E-state index contributed by atoms with van der Waals surface area (Å²) in [4.78, 5) is 4.02. The zero-order valence-corrected chi connectivity index (χ0v) is 14.6. The Morgan fingerprint density at radius 1 is 0.905 bits per heavy atom. The van der Waals surface area contributed by atoms with Gasteiger partial charge in [0.25, 0.3) is 0 Å². The van der Waals surface area contributed by atoms with Gasteiger partial charge in [-0.05, 0) is 48.2 Å². The minimum Gasteiger partial charge on any atom is -0.195 e. The van der Waals surface area contributed by atoms with Crippen LogP contribution in [-0.2, 0) is 6.42 Å². The molecule has 0 bridgehead atoms. The third-order valence-corrected chi connectivity index (χ3v) is 4.35. The summed E-state index contributed by atoms with van der Waals surface area (Å²) in [6, 6.07) is 8.49. The van der Waals surface area contributed by atoms with Gasteiger partial charge in [-0.2, -0.15) is 4.99 Å². The minimum absolute atomic E-state index is 0.815. The van der Waals surface area contributed by atoms with Crippen molar-refractivity contribution < 1.29 is 0 Å². The lowest BCUT2D eigenvalue weighted by atomic mass is 9.79. The second-order valence-electron chi connectivity index (χ2n) is 5.96. The maximum atomic E-state index is 4.65. The van der Waals surface area contributed by atoms with Crippen molar-refractivity contribution in [2.24, 2.45) is 16.8 Å². The van der Waals surface area contributed by atoms with Crippen molar-refractivity contribution in [3.63, 3.8) is 0 Å². The Morgan fingerprint density at radius 2 is 1.43 bits per heavy atom. The van der Waals surface area contributed by atoms with E-state index in [4.69, 9.17) is 0 Å². The molecule has 0 aliphatic carbocycles. The van der Waals surface area contributed by atoms with Crippen LogP contribution in [-0.4, -0.2) is 5.16 Å². The molecule has 0 aromatic heterocycles. The summed E-state index contributed by atoms with van der Waals surface area (Å²) in [5.74, 6) is 1.69. The molecule has 0 heterocycles. The summed E-state index contributed by atoms with van der Waals surface area (Å²) in [6.45, 7) is 6.92. The fourth-order valence-electron chi connectivity index (χ4n) is 3.29. The molecule has 2 heteroatoms. The smallest absolute Gasteiger partial charge is 0.0739 e. The SMILES string of the molecule is CCCC(CCC)C(CCC)Cc1ccc(N=C=S)cc1. The molecule has 0 fully saturated rings. The van der Waals surface area contributed by atoms with Gasteiger partial charge in [0.05, 0.1) is 10.8 Å². The summed E-state index contributed by atoms with van der Waals surface area (Å²) < 4.78 is 0. The molecule has 0 aliphatic rings. The van der Waals surface area contributed by atoms with Crippen molar-refractivity contribution in [1.29, 1.82) is 0 Å². The summed E-state index contributed by atoms with van der Waals surface area (Å²) in [6.07, 6.45) is 9.14. The zero-order chi connectivity index (χ0) is 15.5. The van der Waals surface area contributed by atoms with Crippen molar-refractivity contribution in [2.75, 3.05) is 0 Å². The van der Waals surface area contributed by atoms with E-state index in [1.807, 2.05) is 12.1 Å². The maximum Gasteiger partial charge on any atom is 0.0739 e. The van der Waals surface area contributed by atoms with Gasteiger partial charge in [0, 0.05) is 0 Å². The van der Waals surface area contributed by atoms with Crippen molar-refractivity contribution in [3.05, 3.63) is 29.8 Å². The summed E-state index contributed by atoms with van der Waals surface area (Å²) in [5, 5.41) is 2.42. The molecule has 0 saturated carbocycles. The highest BCUT2D eigenvalue weighted by Gasteiger charge is 2.19. The fourth-order valence-corrected chi connectivity index (χ4v) is 3.40. The summed E-state index contributed by atoms with van der Waals surface area (Å²) in [7, 11) is 0. The molecular formula is C19H29NS. The summed E-state index contributed by atoms with van der Waals surface area (Å²) in [5.41, 5.74) is 2.33. The van der Waals surface area contributed by atoms with E-state index in [1.54, 1.807) is 0 Å². The zero-order valence-electron chi connectivity index (χ0n) is 13.8. The first-order chi connectivity index (χ1) is 10.2. The average molecular weight is 304 g/mol. The number of hydrogen-bond donors (Lipinski definition) is 0. The number of benzene rings is 1. The topological polar surface area (TPSA) is 12.4 Å². The van der Waals surface area contributed by atoms with E-state index in [0.717, 1.165) is 17.5 Å². The highest BCUT2D eigenvalue weighted by molar-refractivity contribution is 7.78. The van der Waals surface area contributed by atoms with Crippen molar-refractivity contribution >= 4 is 23.1 Å². The van der Waals surface area contributed by atoms with Crippen LogP contribution < -0.4 is 0 Å². The number of rotatable bonds is 10. The predicted octanol–water partition coefficient (Wildman–Crippen LogP) is 6.60. The second kappa shape index (κ2) is 10.7. The molecule has 0 amide bonds. The molecule has 0 radical (unpaired) electrons. The Bertz CT molecular complexity index is 425. The number of thiocarbonyl (C=S) groups is 1. The highest BCUT2D eigenvalue weighted by Crippen LogP contribution is 2.30. The van der Waals surface area contributed by atoms with E-state index in [9.17, 15) is 0 Å². The molecule has 1 atom stereocenters. The van der Waals surface area contributed by atoms with Crippen LogP contribution in [0.3, 0.4) is 0 Å². The van der Waals surface area contributed by atoms with Gasteiger partial charge in [0.1, 0.15) is 0 Å². The Labute approximate surface area is 135 Å². The fraction of sp³-hybridized carbons (Fsp3) is 0.632. The van der Waals surface area contributed by atoms with Gasteiger partial charge in [-0.15, -0.1) is 0 Å². The lowest BCUT2D eigenvalue weighted by Gasteiger charge is -2.27. The van der Waals surface area contributed by atoms with E-state index in [2.05, 4.69) is 55.3 Å². The maximum absolute atomic E-state index is 4.65.